The number of Topliss-reactive ketones (excluding diaryl/α,β-unsaturated/α-hetero) is 1. The molecule has 0 saturated heterocycles. The highest BCUT2D eigenvalue weighted by Gasteiger charge is 2.00. The molecule has 0 heterocycles. The topological polar surface area (TPSA) is 96.0 Å². The van der Waals surface area contributed by atoms with Crippen molar-refractivity contribution in [3.8, 4) is 0 Å². The molecule has 0 radical (unpaired) electrons. The van der Waals surface area contributed by atoms with Crippen molar-refractivity contribution in [2.75, 3.05) is 19.8 Å². The lowest BCUT2D eigenvalue weighted by Gasteiger charge is -2.03. The number of ketones is 1. The van der Waals surface area contributed by atoms with E-state index in [9.17, 15) is 19.2 Å². The third kappa shape index (κ3) is 25.7. The van der Waals surface area contributed by atoms with E-state index < -0.39 is 11.9 Å². The lowest BCUT2D eigenvalue weighted by molar-refractivity contribution is -0.146. The Kier molecular flexibility index (Phi) is 21.1. The number of hydrogen-bond donors (Lipinski definition) is 0. The Hall–Kier alpha value is -2.44. The van der Waals surface area contributed by atoms with Crippen LogP contribution in [-0.2, 0) is 33.4 Å². The second kappa shape index (κ2) is 22.7. The van der Waals surface area contributed by atoms with Crippen LogP contribution in [0.4, 0.5) is 0 Å². The number of unbranched alkanes of at least 4 members (excludes halogenated alkanes) is 10. The van der Waals surface area contributed by atoms with Gasteiger partial charge in [0.25, 0.3) is 0 Å². The number of rotatable bonds is 21. The number of hydrogen-bond acceptors (Lipinski definition) is 7. The molecule has 7 nitrogen and oxygen atoms in total. The smallest absolute Gasteiger partial charge is 0.330 e. The van der Waals surface area contributed by atoms with Gasteiger partial charge in [0, 0.05) is 25.5 Å². The van der Waals surface area contributed by atoms with Gasteiger partial charge in [0.2, 0.25) is 0 Å². The van der Waals surface area contributed by atoms with Crippen LogP contribution in [0.3, 0.4) is 0 Å². The van der Waals surface area contributed by atoms with Gasteiger partial charge in [0.1, 0.15) is 19.0 Å². The van der Waals surface area contributed by atoms with Crippen molar-refractivity contribution < 1.29 is 33.4 Å². The second-order valence-electron chi connectivity index (χ2n) is 8.04. The van der Waals surface area contributed by atoms with Crippen molar-refractivity contribution in [3.63, 3.8) is 0 Å². The Labute approximate surface area is 198 Å². The molecule has 0 spiro atoms. The first-order valence-electron chi connectivity index (χ1n) is 12.2. The van der Waals surface area contributed by atoms with Gasteiger partial charge in [-0.25, -0.2) is 9.59 Å². The Bertz CT molecular complexity index is 608. The molecule has 0 amide bonds. The van der Waals surface area contributed by atoms with Gasteiger partial charge >= 0.3 is 17.9 Å². The Balaban J connectivity index is 3.50. The molecular weight excluding hydrogens is 424 g/mol. The summed E-state index contributed by atoms with van der Waals surface area (Å²) in [6.45, 7) is 3.58. The third-order valence-corrected chi connectivity index (χ3v) is 4.80. The lowest BCUT2D eigenvalue weighted by Crippen LogP contribution is -2.11. The summed E-state index contributed by atoms with van der Waals surface area (Å²) in [5.74, 6) is -0.864. The summed E-state index contributed by atoms with van der Waals surface area (Å²) >= 11 is 0. The van der Waals surface area contributed by atoms with Crippen LogP contribution in [0.25, 0.3) is 0 Å². The number of carbonyl (C=O) groups is 4. The summed E-state index contributed by atoms with van der Waals surface area (Å²) in [6, 6.07) is 0. The largest absolute Gasteiger partial charge is 0.466 e. The van der Waals surface area contributed by atoms with Crippen LogP contribution in [0.15, 0.2) is 24.3 Å². The van der Waals surface area contributed by atoms with Crippen molar-refractivity contribution in [2.24, 2.45) is 0 Å². The minimum absolute atomic E-state index is 0.0331. The quantitative estimate of drug-likeness (QED) is 0.0966. The summed E-state index contributed by atoms with van der Waals surface area (Å²) < 4.78 is 14.9. The molecule has 0 aromatic heterocycles. The lowest BCUT2D eigenvalue weighted by atomic mass is 10.1. The highest BCUT2D eigenvalue weighted by Crippen LogP contribution is 2.08. The molecule has 0 aliphatic rings. The van der Waals surface area contributed by atoms with Gasteiger partial charge in [-0.1, -0.05) is 50.7 Å². The standard InChI is InChI=1S/C26H42O7/c1-23(27)17-13-9-5-3-6-10-14-18-25(29)32-21-22-33-26(30)19-15-11-7-4-8-12-16-20-31-24(2)28/h14-15,18-19H,3-13,16-17,20-22H2,1-2H3/b18-14+,19-15+. The fraction of sp³-hybridized carbons (Fsp3) is 0.692. The molecule has 0 aliphatic carbocycles. The average Bonchev–Trinajstić information content (AvgIpc) is 2.76. The van der Waals surface area contributed by atoms with Crippen LogP contribution < -0.4 is 0 Å². The molecule has 0 rings (SSSR count). The zero-order valence-electron chi connectivity index (χ0n) is 20.5. The van der Waals surface area contributed by atoms with E-state index in [-0.39, 0.29) is 25.0 Å². The zero-order valence-corrected chi connectivity index (χ0v) is 20.5. The second-order valence-corrected chi connectivity index (χ2v) is 8.04. The van der Waals surface area contributed by atoms with E-state index in [0.717, 1.165) is 77.0 Å². The Morgan fingerprint density at radius 3 is 1.48 bits per heavy atom. The first kappa shape index (κ1) is 30.6. The normalized spacial score (nSPS) is 11.1. The van der Waals surface area contributed by atoms with Gasteiger partial charge in [0.15, 0.2) is 0 Å². The number of allylic oxidation sites excluding steroid dienone is 2. The van der Waals surface area contributed by atoms with Gasteiger partial charge < -0.3 is 19.0 Å². The SMILES string of the molecule is CC(=O)CCCCCCC/C=C/C(=O)OCCOC(=O)/C=C/CCCCCCCOC(C)=O. The summed E-state index contributed by atoms with van der Waals surface area (Å²) in [4.78, 5) is 44.7. The Morgan fingerprint density at radius 1 is 0.545 bits per heavy atom. The minimum atomic E-state index is -0.439. The van der Waals surface area contributed by atoms with Gasteiger partial charge in [0.05, 0.1) is 6.61 Å². The number of carbonyl (C=O) groups excluding carboxylic acids is 4. The van der Waals surface area contributed by atoms with E-state index in [1.165, 1.54) is 19.1 Å². The van der Waals surface area contributed by atoms with Gasteiger partial charge in [-0.2, -0.15) is 0 Å². The van der Waals surface area contributed by atoms with Crippen molar-refractivity contribution in [3.05, 3.63) is 24.3 Å². The molecule has 0 atom stereocenters. The first-order chi connectivity index (χ1) is 15.9. The molecule has 33 heavy (non-hydrogen) atoms. The molecule has 0 unspecified atom stereocenters. The Morgan fingerprint density at radius 2 is 1.00 bits per heavy atom. The molecule has 0 aliphatic heterocycles. The molecule has 0 N–H and O–H groups in total. The number of ether oxygens (including phenoxy) is 3. The van der Waals surface area contributed by atoms with E-state index in [1.54, 1.807) is 19.1 Å². The minimum Gasteiger partial charge on any atom is -0.466 e. The molecule has 0 saturated carbocycles. The average molecular weight is 467 g/mol. The van der Waals surface area contributed by atoms with Gasteiger partial charge in [-0.15, -0.1) is 0 Å². The maximum atomic E-state index is 11.6. The molecular formula is C26H42O7. The van der Waals surface area contributed by atoms with Crippen molar-refractivity contribution in [1.82, 2.24) is 0 Å². The van der Waals surface area contributed by atoms with Crippen LogP contribution in [0.2, 0.25) is 0 Å². The monoisotopic (exact) mass is 466 g/mol. The molecule has 188 valence electrons. The van der Waals surface area contributed by atoms with Crippen LogP contribution in [0, 0.1) is 0 Å². The molecule has 0 bridgehead atoms. The summed E-state index contributed by atoms with van der Waals surface area (Å²) in [7, 11) is 0. The van der Waals surface area contributed by atoms with E-state index >= 15 is 0 Å². The predicted molar refractivity (Wildman–Crippen MR) is 128 cm³/mol. The highest BCUT2D eigenvalue weighted by molar-refractivity contribution is 5.82. The molecule has 0 aromatic rings. The fourth-order valence-corrected chi connectivity index (χ4v) is 3.02. The summed E-state index contributed by atoms with van der Waals surface area (Å²) in [6.07, 6.45) is 18.9. The van der Waals surface area contributed by atoms with Crippen LogP contribution >= 0.6 is 0 Å². The fourth-order valence-electron chi connectivity index (χ4n) is 3.02. The summed E-state index contributed by atoms with van der Waals surface area (Å²) in [5.41, 5.74) is 0. The van der Waals surface area contributed by atoms with E-state index in [2.05, 4.69) is 0 Å². The van der Waals surface area contributed by atoms with Crippen LogP contribution in [0.5, 0.6) is 0 Å². The predicted octanol–water partition coefficient (Wildman–Crippen LogP) is 5.41. The van der Waals surface area contributed by atoms with E-state index in [1.807, 2.05) is 0 Å². The van der Waals surface area contributed by atoms with Gasteiger partial charge in [-0.05, 0) is 45.4 Å². The highest BCUT2D eigenvalue weighted by atomic mass is 16.6. The van der Waals surface area contributed by atoms with Crippen molar-refractivity contribution in [1.29, 1.82) is 0 Å². The molecule has 0 aromatic carbocycles. The maximum Gasteiger partial charge on any atom is 0.330 e. The van der Waals surface area contributed by atoms with E-state index in [4.69, 9.17) is 14.2 Å². The summed E-state index contributed by atoms with van der Waals surface area (Å²) in [5, 5.41) is 0. The van der Waals surface area contributed by atoms with Crippen molar-refractivity contribution >= 4 is 23.7 Å². The molecule has 7 heteroatoms. The van der Waals surface area contributed by atoms with E-state index in [0.29, 0.717) is 13.0 Å². The first-order valence-corrected chi connectivity index (χ1v) is 12.2. The van der Waals surface area contributed by atoms with Gasteiger partial charge in [-0.3, -0.25) is 4.79 Å². The van der Waals surface area contributed by atoms with Crippen molar-refractivity contribution in [2.45, 2.75) is 97.3 Å². The zero-order chi connectivity index (χ0) is 24.6. The number of esters is 3. The maximum absolute atomic E-state index is 11.6. The van der Waals surface area contributed by atoms with Crippen LogP contribution in [0.1, 0.15) is 97.3 Å². The van der Waals surface area contributed by atoms with Crippen LogP contribution in [-0.4, -0.2) is 43.5 Å². The molecule has 0 fully saturated rings. The third-order valence-electron chi connectivity index (χ3n) is 4.80.